The van der Waals surface area contributed by atoms with E-state index >= 15 is 0 Å². The van der Waals surface area contributed by atoms with Gasteiger partial charge in [-0.15, -0.1) is 10.2 Å². The molecule has 0 saturated heterocycles. The van der Waals surface area contributed by atoms with Crippen LogP contribution in [0.1, 0.15) is 69.6 Å². The molecule has 34 heavy (non-hydrogen) atoms. The molecule has 5 rings (SSSR count). The third kappa shape index (κ3) is 5.28. The van der Waals surface area contributed by atoms with Crippen LogP contribution in [0.5, 0.6) is 5.88 Å². The predicted molar refractivity (Wildman–Crippen MR) is 135 cm³/mol. The van der Waals surface area contributed by atoms with Gasteiger partial charge in [-0.2, -0.15) is 0 Å². The molecular formula is C27H34ClN5O. The van der Waals surface area contributed by atoms with Crippen LogP contribution in [0.15, 0.2) is 42.6 Å². The van der Waals surface area contributed by atoms with Crippen LogP contribution in [0.3, 0.4) is 0 Å². The lowest BCUT2D eigenvalue weighted by molar-refractivity contribution is 0.139. The van der Waals surface area contributed by atoms with E-state index in [1.54, 1.807) is 6.20 Å². The molecule has 0 amide bonds. The second kappa shape index (κ2) is 9.67. The zero-order valence-corrected chi connectivity index (χ0v) is 21.1. The van der Waals surface area contributed by atoms with Gasteiger partial charge in [-0.25, -0.2) is 4.98 Å². The number of ether oxygens (including phenoxy) is 1. The first-order chi connectivity index (χ1) is 16.4. The summed E-state index contributed by atoms with van der Waals surface area (Å²) >= 11 is 6.42. The molecule has 6 nitrogen and oxygen atoms in total. The minimum Gasteiger partial charge on any atom is -0.474 e. The van der Waals surface area contributed by atoms with Crippen molar-refractivity contribution in [2.45, 2.75) is 77.4 Å². The second-order valence-corrected chi connectivity index (χ2v) is 11.3. The summed E-state index contributed by atoms with van der Waals surface area (Å²) in [5.41, 5.74) is 2.65. The Morgan fingerprint density at radius 2 is 1.88 bits per heavy atom. The fourth-order valence-electron chi connectivity index (χ4n) is 5.10. The highest BCUT2D eigenvalue weighted by molar-refractivity contribution is 6.30. The largest absolute Gasteiger partial charge is 0.474 e. The lowest BCUT2D eigenvalue weighted by Crippen LogP contribution is -2.38. The quantitative estimate of drug-likeness (QED) is 0.521. The highest BCUT2D eigenvalue weighted by atomic mass is 35.5. The monoisotopic (exact) mass is 479 g/mol. The lowest BCUT2D eigenvalue weighted by Gasteiger charge is -2.28. The van der Waals surface area contributed by atoms with E-state index < -0.39 is 0 Å². The molecule has 2 aliphatic rings. The zero-order chi connectivity index (χ0) is 23.7. The first-order valence-electron chi connectivity index (χ1n) is 12.4. The van der Waals surface area contributed by atoms with Crippen LogP contribution in [-0.4, -0.2) is 38.4 Å². The van der Waals surface area contributed by atoms with Crippen LogP contribution in [0.25, 0.3) is 5.69 Å². The maximum atomic E-state index is 6.42. The molecule has 1 N–H and O–H groups in total. The third-order valence-electron chi connectivity index (χ3n) is 6.82. The molecule has 7 heteroatoms. The van der Waals surface area contributed by atoms with E-state index in [0.29, 0.717) is 17.8 Å². The first kappa shape index (κ1) is 23.3. The first-order valence-corrected chi connectivity index (χ1v) is 12.8. The van der Waals surface area contributed by atoms with E-state index in [2.05, 4.69) is 47.8 Å². The fourth-order valence-corrected chi connectivity index (χ4v) is 5.30. The lowest BCUT2D eigenvalue weighted by atomic mass is 9.86. The summed E-state index contributed by atoms with van der Waals surface area (Å²) in [5.74, 6) is 3.19. The van der Waals surface area contributed by atoms with Crippen LogP contribution in [0.4, 0.5) is 0 Å². The van der Waals surface area contributed by atoms with E-state index in [1.165, 1.54) is 11.3 Å². The number of fused-ring (bicyclic) bond motifs is 3. The van der Waals surface area contributed by atoms with Crippen LogP contribution >= 0.6 is 11.6 Å². The van der Waals surface area contributed by atoms with E-state index in [1.807, 2.05) is 24.3 Å². The summed E-state index contributed by atoms with van der Waals surface area (Å²) in [5, 5.41) is 14.0. The van der Waals surface area contributed by atoms with Crippen molar-refractivity contribution in [1.82, 2.24) is 25.1 Å². The Morgan fingerprint density at radius 3 is 2.62 bits per heavy atom. The summed E-state index contributed by atoms with van der Waals surface area (Å²) < 4.78 is 8.43. The standard InChI is InChI=1S/C27H34ClN5O/c1-27(2,3)17-30-21-15-19-14-20(28)9-12-23(19)33-24(16-21)31-32-26(33)18-7-10-22(11-8-18)34-25-6-4-5-13-29-25/h4-6,9,12-14,18,21-22,30H,7-8,10-11,15-17H2,1-3H3/t18?,21-,22?/m0/s1. The van der Waals surface area contributed by atoms with Crippen LogP contribution in [0.2, 0.25) is 5.02 Å². The van der Waals surface area contributed by atoms with Crippen LogP contribution < -0.4 is 10.1 Å². The number of nitrogens with one attached hydrogen (secondary N) is 1. The van der Waals surface area contributed by atoms with Gasteiger partial charge < -0.3 is 10.1 Å². The summed E-state index contributed by atoms with van der Waals surface area (Å²) in [7, 11) is 0. The Balaban J connectivity index is 1.37. The van der Waals surface area contributed by atoms with Gasteiger partial charge in [0.25, 0.3) is 0 Å². The summed E-state index contributed by atoms with van der Waals surface area (Å²) in [6, 6.07) is 12.3. The Kier molecular flexibility index (Phi) is 6.63. The van der Waals surface area contributed by atoms with Gasteiger partial charge in [0.05, 0.1) is 5.69 Å². The molecule has 0 unspecified atom stereocenters. The molecule has 0 radical (unpaired) electrons. The van der Waals surface area contributed by atoms with Gasteiger partial charge in [-0.1, -0.05) is 38.4 Å². The maximum absolute atomic E-state index is 6.42. The number of hydrogen-bond donors (Lipinski definition) is 1. The fraction of sp³-hybridized carbons (Fsp3) is 0.519. The molecule has 1 aliphatic heterocycles. The molecule has 2 aromatic heterocycles. The van der Waals surface area contributed by atoms with Gasteiger partial charge in [0.1, 0.15) is 17.8 Å². The molecule has 0 bridgehead atoms. The minimum absolute atomic E-state index is 0.203. The molecule has 180 valence electrons. The van der Waals surface area contributed by atoms with Gasteiger partial charge in [-0.3, -0.25) is 4.57 Å². The number of nitrogens with zero attached hydrogens (tertiary/aromatic N) is 4. The van der Waals surface area contributed by atoms with Crippen LogP contribution in [-0.2, 0) is 12.8 Å². The summed E-state index contributed by atoms with van der Waals surface area (Å²) in [4.78, 5) is 4.31. The molecule has 1 aromatic carbocycles. The van der Waals surface area contributed by atoms with Crippen molar-refractivity contribution in [2.75, 3.05) is 6.54 Å². The predicted octanol–water partition coefficient (Wildman–Crippen LogP) is 5.52. The van der Waals surface area contributed by atoms with Crippen molar-refractivity contribution in [2.24, 2.45) is 5.41 Å². The molecule has 3 aromatic rings. The van der Waals surface area contributed by atoms with E-state index in [4.69, 9.17) is 26.5 Å². The number of rotatable bonds is 5. The van der Waals surface area contributed by atoms with Crippen molar-refractivity contribution in [3.63, 3.8) is 0 Å². The Hall–Kier alpha value is -2.44. The van der Waals surface area contributed by atoms with Crippen molar-refractivity contribution < 1.29 is 4.74 Å². The number of pyridine rings is 1. The van der Waals surface area contributed by atoms with Crippen molar-refractivity contribution in [3.8, 4) is 11.6 Å². The average molecular weight is 480 g/mol. The molecule has 1 atom stereocenters. The molecule has 3 heterocycles. The van der Waals surface area contributed by atoms with Gasteiger partial charge in [0, 0.05) is 42.2 Å². The average Bonchev–Trinajstić information content (AvgIpc) is 3.14. The van der Waals surface area contributed by atoms with Gasteiger partial charge >= 0.3 is 0 Å². The SMILES string of the molecule is CC(C)(C)CN[C@H]1Cc2cc(Cl)ccc2-n2c(nnc2C2CCC(Oc3ccccn3)CC2)C1. The minimum atomic E-state index is 0.203. The molecule has 1 fully saturated rings. The maximum Gasteiger partial charge on any atom is 0.213 e. The molecule has 0 spiro atoms. The van der Waals surface area contributed by atoms with E-state index in [0.717, 1.165) is 61.7 Å². The van der Waals surface area contributed by atoms with Gasteiger partial charge in [-0.05, 0) is 67.3 Å². The highest BCUT2D eigenvalue weighted by Crippen LogP contribution is 2.37. The van der Waals surface area contributed by atoms with Gasteiger partial charge in [0.2, 0.25) is 5.88 Å². The number of aromatic nitrogens is 4. The van der Waals surface area contributed by atoms with Gasteiger partial charge in [0.15, 0.2) is 0 Å². The Labute approximate surface area is 207 Å². The zero-order valence-electron chi connectivity index (χ0n) is 20.3. The third-order valence-corrected chi connectivity index (χ3v) is 7.05. The second-order valence-electron chi connectivity index (χ2n) is 10.9. The van der Waals surface area contributed by atoms with Crippen molar-refractivity contribution in [3.05, 3.63) is 64.8 Å². The van der Waals surface area contributed by atoms with Crippen LogP contribution in [0, 0.1) is 5.41 Å². The van der Waals surface area contributed by atoms with E-state index in [9.17, 15) is 0 Å². The number of hydrogen-bond acceptors (Lipinski definition) is 5. The highest BCUT2D eigenvalue weighted by Gasteiger charge is 2.32. The van der Waals surface area contributed by atoms with Crippen molar-refractivity contribution in [1.29, 1.82) is 0 Å². The van der Waals surface area contributed by atoms with E-state index in [-0.39, 0.29) is 11.5 Å². The molecule has 1 saturated carbocycles. The molecular weight excluding hydrogens is 446 g/mol. The molecule has 1 aliphatic carbocycles. The summed E-state index contributed by atoms with van der Waals surface area (Å²) in [6.45, 7) is 7.73. The topological polar surface area (TPSA) is 64.9 Å². The Morgan fingerprint density at radius 1 is 1.06 bits per heavy atom. The smallest absolute Gasteiger partial charge is 0.213 e. The normalized spacial score (nSPS) is 22.5. The Bertz CT molecular complexity index is 1120. The van der Waals surface area contributed by atoms with Crippen molar-refractivity contribution >= 4 is 11.6 Å². The number of benzene rings is 1. The number of halogens is 1. The summed E-state index contributed by atoms with van der Waals surface area (Å²) in [6.07, 6.45) is 7.82.